The van der Waals surface area contributed by atoms with Gasteiger partial charge in [-0.2, -0.15) is 4.98 Å². The van der Waals surface area contributed by atoms with Crippen LogP contribution in [0.1, 0.15) is 126 Å². The molecule has 2 saturated heterocycles. The van der Waals surface area contributed by atoms with Crippen molar-refractivity contribution in [2.75, 3.05) is 42.9 Å². The smallest absolute Gasteiger partial charge is 0.312 e. The monoisotopic (exact) mass is 966 g/mol. The standard InChI is InChI=1S/C51H63FN8O8S/c1-31(2)36-9-6-7-10-37(36)38-11-8-12-42(38)59-29-51(30-59)19-21-58(22-20-51)34-13-14-39(44(23-34)68-45-25-40-41(52)28-55-46(40)56-49(45)67-32(3)4)48(61)57-69(65,66)35-24-43(60(63)64)47(54-27-35)53-26-33-15-17-50(5,62)18-16-33/h6-7,9-10,13-14,23-25,27-28,31-33,38,42,62H,8,11-12,15-22,26,29-30H2,1-5H3,(H,53,54)(H,55,56)(H,57,61)/t33-,38-,42-,50-/m0/s1. The first kappa shape index (κ1) is 48.2. The number of ether oxygens (including phenoxy) is 2. The molecule has 2 saturated carbocycles. The first-order chi connectivity index (χ1) is 32.9. The average molecular weight is 967 g/mol. The topological polar surface area (TPSA) is 205 Å². The minimum Gasteiger partial charge on any atom is -0.472 e. The summed E-state index contributed by atoms with van der Waals surface area (Å²) < 4.78 is 57.1. The molecule has 0 unspecified atom stereocenters. The number of piperidine rings is 1. The fraction of sp³-hybridized carbons (Fsp3) is 0.510. The second kappa shape index (κ2) is 19.2. The van der Waals surface area contributed by atoms with Gasteiger partial charge in [0.2, 0.25) is 5.82 Å². The molecule has 368 valence electrons. The van der Waals surface area contributed by atoms with Crippen molar-refractivity contribution in [2.45, 2.75) is 127 Å². The van der Waals surface area contributed by atoms with Crippen LogP contribution in [0.2, 0.25) is 0 Å². The Bertz CT molecular complexity index is 2830. The summed E-state index contributed by atoms with van der Waals surface area (Å²) in [6.45, 7) is 13.9. The van der Waals surface area contributed by atoms with Crippen molar-refractivity contribution in [1.82, 2.24) is 24.6 Å². The summed E-state index contributed by atoms with van der Waals surface area (Å²) >= 11 is 0. The molecule has 5 heterocycles. The normalized spacial score (nSPS) is 22.8. The molecule has 4 fully saturated rings. The molecule has 4 N–H and O–H groups in total. The van der Waals surface area contributed by atoms with E-state index in [1.54, 1.807) is 32.9 Å². The lowest BCUT2D eigenvalue weighted by molar-refractivity contribution is -0.384. The summed E-state index contributed by atoms with van der Waals surface area (Å²) in [6, 6.07) is 16.6. The quantitative estimate of drug-likeness (QED) is 0.0571. The number of sulfonamides is 1. The number of amides is 1. The Labute approximate surface area is 402 Å². The highest BCUT2D eigenvalue weighted by Gasteiger charge is 2.49. The van der Waals surface area contributed by atoms with Crippen molar-refractivity contribution in [1.29, 1.82) is 0 Å². The van der Waals surface area contributed by atoms with E-state index in [9.17, 15) is 32.8 Å². The van der Waals surface area contributed by atoms with E-state index in [4.69, 9.17) is 9.47 Å². The fourth-order valence-electron chi connectivity index (χ4n) is 11.0. The summed E-state index contributed by atoms with van der Waals surface area (Å²) in [5.41, 5.74) is 2.63. The lowest BCUT2D eigenvalue weighted by atomic mass is 9.70. The Hall–Kier alpha value is -5.85. The molecular weight excluding hydrogens is 904 g/mol. The van der Waals surface area contributed by atoms with Crippen LogP contribution in [0, 0.1) is 27.3 Å². The predicted octanol–water partition coefficient (Wildman–Crippen LogP) is 9.42. The average Bonchev–Trinajstić information content (AvgIpc) is 3.93. The minimum absolute atomic E-state index is 0.00123. The van der Waals surface area contributed by atoms with E-state index < -0.39 is 42.9 Å². The number of hydrogen-bond donors (Lipinski definition) is 4. The zero-order chi connectivity index (χ0) is 48.8. The van der Waals surface area contributed by atoms with Gasteiger partial charge in [0.05, 0.1) is 33.8 Å². The van der Waals surface area contributed by atoms with Crippen molar-refractivity contribution in [3.8, 4) is 17.4 Å². The summed E-state index contributed by atoms with van der Waals surface area (Å²) in [5, 5.41) is 25.6. The number of carbonyl (C=O) groups is 1. The number of anilines is 2. The maximum absolute atomic E-state index is 15.0. The second-order valence-electron chi connectivity index (χ2n) is 20.6. The SMILES string of the molecule is CC(C)Oc1nc2[nH]cc(F)c2cc1Oc1cc(N2CCC3(CC2)CN([C@H]2CCC[C@H]2c2ccccc2C(C)C)C3)ccc1C(=O)NS(=O)(=O)c1cnc(NC[C@H]2CC[C@](C)(O)CC2)c([N+](=O)[O-])c1. The maximum atomic E-state index is 15.0. The zero-order valence-electron chi connectivity index (χ0n) is 40.0. The van der Waals surface area contributed by atoms with Crippen LogP contribution >= 0.6 is 0 Å². The number of nitrogens with one attached hydrogen (secondary N) is 3. The fourth-order valence-corrected chi connectivity index (χ4v) is 11.9. The number of carbonyl (C=O) groups excluding carboxylic acids is 1. The highest BCUT2D eigenvalue weighted by atomic mass is 32.2. The van der Waals surface area contributed by atoms with E-state index in [0.29, 0.717) is 50.1 Å². The van der Waals surface area contributed by atoms with Crippen LogP contribution in [0.5, 0.6) is 17.4 Å². The number of halogens is 1. The number of H-pyrrole nitrogens is 1. The van der Waals surface area contributed by atoms with E-state index in [-0.39, 0.29) is 57.2 Å². The minimum atomic E-state index is -4.73. The van der Waals surface area contributed by atoms with E-state index in [0.717, 1.165) is 63.2 Å². The lowest BCUT2D eigenvalue weighted by Crippen LogP contribution is -2.63. The third-order valence-electron chi connectivity index (χ3n) is 14.9. The van der Waals surface area contributed by atoms with Crippen LogP contribution in [0.25, 0.3) is 11.0 Å². The van der Waals surface area contributed by atoms with Crippen LogP contribution in [-0.4, -0.2) is 94.7 Å². The van der Waals surface area contributed by atoms with Crippen molar-refractivity contribution >= 4 is 44.2 Å². The van der Waals surface area contributed by atoms with E-state index in [2.05, 4.69) is 72.9 Å². The number of hydrogen-bond acceptors (Lipinski definition) is 13. The molecule has 69 heavy (non-hydrogen) atoms. The van der Waals surface area contributed by atoms with E-state index >= 15 is 0 Å². The molecule has 9 rings (SSSR count). The number of fused-ring (bicyclic) bond motifs is 1. The Kier molecular flexibility index (Phi) is 13.4. The third-order valence-corrected chi connectivity index (χ3v) is 16.2. The van der Waals surface area contributed by atoms with Gasteiger partial charge in [-0.05, 0) is 119 Å². The first-order valence-corrected chi connectivity index (χ1v) is 25.8. The molecule has 1 amide bonds. The number of rotatable bonds is 15. The van der Waals surface area contributed by atoms with Gasteiger partial charge in [0.15, 0.2) is 5.75 Å². The van der Waals surface area contributed by atoms with Crippen LogP contribution in [0.3, 0.4) is 0 Å². The molecule has 5 aromatic rings. The zero-order valence-corrected chi connectivity index (χ0v) is 40.8. The van der Waals surface area contributed by atoms with Gasteiger partial charge in [-0.3, -0.25) is 19.8 Å². The van der Waals surface area contributed by atoms with Gasteiger partial charge in [0, 0.05) is 68.8 Å². The number of nitro groups is 1. The summed E-state index contributed by atoms with van der Waals surface area (Å²) in [6.07, 6.45) is 9.98. The van der Waals surface area contributed by atoms with Crippen LogP contribution in [-0.2, 0) is 10.0 Å². The molecule has 0 radical (unpaired) electrons. The van der Waals surface area contributed by atoms with Crippen molar-refractivity contribution < 1.29 is 37.1 Å². The molecule has 2 aromatic carbocycles. The van der Waals surface area contributed by atoms with Crippen molar-refractivity contribution in [3.05, 3.63) is 99.6 Å². The van der Waals surface area contributed by atoms with E-state index in [1.807, 2.05) is 0 Å². The Morgan fingerprint density at radius 2 is 1.75 bits per heavy atom. The lowest BCUT2D eigenvalue weighted by Gasteiger charge is -2.57. The Morgan fingerprint density at radius 3 is 2.46 bits per heavy atom. The number of aromatic amines is 1. The molecule has 2 atom stereocenters. The number of aromatic nitrogens is 3. The first-order valence-electron chi connectivity index (χ1n) is 24.3. The molecule has 2 aliphatic carbocycles. The van der Waals surface area contributed by atoms with Gasteiger partial charge in [-0.1, -0.05) is 44.5 Å². The summed E-state index contributed by atoms with van der Waals surface area (Å²) in [4.78, 5) is 41.3. The molecule has 4 aliphatic rings. The number of pyridine rings is 2. The third kappa shape index (κ3) is 10.2. The van der Waals surface area contributed by atoms with Crippen molar-refractivity contribution in [2.24, 2.45) is 11.3 Å². The Morgan fingerprint density at radius 1 is 1.01 bits per heavy atom. The highest BCUT2D eigenvalue weighted by molar-refractivity contribution is 7.90. The van der Waals surface area contributed by atoms with Crippen molar-refractivity contribution in [3.63, 3.8) is 0 Å². The summed E-state index contributed by atoms with van der Waals surface area (Å²) in [7, 11) is -4.73. The number of nitrogens with zero attached hydrogens (tertiary/aromatic N) is 5. The number of likely N-dealkylation sites (tertiary alicyclic amines) is 1. The van der Waals surface area contributed by atoms with Gasteiger partial charge < -0.3 is 29.8 Å². The van der Waals surface area contributed by atoms with Gasteiger partial charge in [-0.25, -0.2) is 22.5 Å². The van der Waals surface area contributed by atoms with Crippen LogP contribution in [0.4, 0.5) is 21.6 Å². The van der Waals surface area contributed by atoms with Gasteiger partial charge in [0.25, 0.3) is 21.8 Å². The predicted molar refractivity (Wildman–Crippen MR) is 261 cm³/mol. The molecule has 16 nitrogen and oxygen atoms in total. The molecule has 18 heteroatoms. The molecule has 0 bridgehead atoms. The highest BCUT2D eigenvalue weighted by Crippen LogP contribution is 2.49. The summed E-state index contributed by atoms with van der Waals surface area (Å²) in [5.74, 6) is -0.625. The van der Waals surface area contributed by atoms with Crippen LogP contribution in [0.15, 0.2) is 71.9 Å². The van der Waals surface area contributed by atoms with E-state index in [1.165, 1.54) is 42.5 Å². The van der Waals surface area contributed by atoms with Gasteiger partial charge in [-0.15, -0.1) is 0 Å². The number of aliphatic hydroxyl groups is 1. The van der Waals surface area contributed by atoms with Gasteiger partial charge >= 0.3 is 5.69 Å². The molecule has 1 spiro atoms. The largest absolute Gasteiger partial charge is 0.472 e. The molecule has 2 aliphatic heterocycles. The van der Waals surface area contributed by atoms with Crippen LogP contribution < -0.4 is 24.4 Å². The molecule has 3 aromatic heterocycles. The van der Waals surface area contributed by atoms with Gasteiger partial charge in [0.1, 0.15) is 22.1 Å². The maximum Gasteiger partial charge on any atom is 0.312 e. The Balaban J connectivity index is 0.943. The second-order valence-corrected chi connectivity index (χ2v) is 22.3. The number of benzene rings is 2. The molecular formula is C51H63FN8O8S.